The molecule has 0 aromatic heterocycles. The maximum absolute atomic E-state index is 13.3. The SMILES string of the molecule is Cc1cc(C)c(NC(=O)CC[C@@H](NC(=O)OC(C)(C)C)C(=O)NC(C)(C)COCC(C)(C)CN=[N+]=[N-])c(C)c1Br. The summed E-state index contributed by atoms with van der Waals surface area (Å²) in [6.07, 6.45) is -0.711. The Morgan fingerprint density at radius 3 is 2.25 bits per heavy atom. The zero-order chi connectivity index (χ0) is 30.9. The van der Waals surface area contributed by atoms with Gasteiger partial charge in [-0.3, -0.25) is 9.59 Å². The Morgan fingerprint density at radius 2 is 1.68 bits per heavy atom. The van der Waals surface area contributed by atoms with E-state index >= 15 is 0 Å². The molecule has 0 aliphatic carbocycles. The summed E-state index contributed by atoms with van der Waals surface area (Å²) in [5.74, 6) is -0.748. The van der Waals surface area contributed by atoms with E-state index in [1.54, 1.807) is 34.6 Å². The first kappa shape index (κ1) is 35.2. The Kier molecular flexibility index (Phi) is 12.9. The molecule has 3 N–H and O–H groups in total. The molecule has 0 saturated heterocycles. The molecule has 3 amide bonds. The Bertz CT molecular complexity index is 1120. The summed E-state index contributed by atoms with van der Waals surface area (Å²) in [5.41, 5.74) is 10.3. The number of hydrogen-bond donors (Lipinski definition) is 3. The average Bonchev–Trinajstić information content (AvgIpc) is 2.80. The van der Waals surface area contributed by atoms with Crippen LogP contribution in [0, 0.1) is 26.2 Å². The number of halogens is 1. The van der Waals surface area contributed by atoms with Crippen LogP contribution in [0.5, 0.6) is 0 Å². The fourth-order valence-corrected chi connectivity index (χ4v) is 4.17. The van der Waals surface area contributed by atoms with Gasteiger partial charge in [0.25, 0.3) is 0 Å². The lowest BCUT2D eigenvalue weighted by Crippen LogP contribution is -2.55. The highest BCUT2D eigenvalue weighted by molar-refractivity contribution is 9.10. The van der Waals surface area contributed by atoms with Gasteiger partial charge in [0.1, 0.15) is 11.6 Å². The topological polar surface area (TPSA) is 155 Å². The molecule has 0 aliphatic rings. The number of amides is 3. The number of ether oxygens (including phenoxy) is 2. The van der Waals surface area contributed by atoms with E-state index in [4.69, 9.17) is 15.0 Å². The van der Waals surface area contributed by atoms with Crippen LogP contribution in [0.4, 0.5) is 10.5 Å². The van der Waals surface area contributed by atoms with Crippen molar-refractivity contribution < 1.29 is 23.9 Å². The lowest BCUT2D eigenvalue weighted by Gasteiger charge is -2.31. The smallest absolute Gasteiger partial charge is 0.408 e. The van der Waals surface area contributed by atoms with Crippen LogP contribution in [0.15, 0.2) is 15.7 Å². The number of aryl methyl sites for hydroxylation is 2. The molecule has 1 rings (SSSR count). The highest BCUT2D eigenvalue weighted by Gasteiger charge is 2.30. The molecular formula is C28H45BrN6O5. The maximum Gasteiger partial charge on any atom is 0.408 e. The van der Waals surface area contributed by atoms with Gasteiger partial charge in [-0.2, -0.15) is 0 Å². The van der Waals surface area contributed by atoms with Crippen molar-refractivity contribution in [2.45, 2.75) is 99.3 Å². The highest BCUT2D eigenvalue weighted by Crippen LogP contribution is 2.31. The van der Waals surface area contributed by atoms with Crippen molar-refractivity contribution in [2.75, 3.05) is 25.1 Å². The molecule has 40 heavy (non-hydrogen) atoms. The zero-order valence-electron chi connectivity index (χ0n) is 25.5. The van der Waals surface area contributed by atoms with Crippen LogP contribution in [0.1, 0.15) is 78.0 Å². The van der Waals surface area contributed by atoms with E-state index in [2.05, 4.69) is 41.9 Å². The lowest BCUT2D eigenvalue weighted by molar-refractivity contribution is -0.126. The predicted molar refractivity (Wildman–Crippen MR) is 160 cm³/mol. The number of benzene rings is 1. The predicted octanol–water partition coefficient (Wildman–Crippen LogP) is 6.23. The Labute approximate surface area is 246 Å². The van der Waals surface area contributed by atoms with E-state index in [0.717, 1.165) is 21.2 Å². The van der Waals surface area contributed by atoms with Crippen molar-refractivity contribution in [3.63, 3.8) is 0 Å². The standard InChI is InChI=1S/C28H45BrN6O5/c1-17-13-18(2)23(19(3)22(17)29)33-21(36)12-11-20(32-25(38)40-26(4,5)6)24(37)34-28(9,10)16-39-15-27(7,8)14-31-35-30/h13,20H,11-12,14-16H2,1-10H3,(H,32,38)(H,33,36)(H,34,37)/t20-/m1/s1. The van der Waals surface area contributed by atoms with Crippen molar-refractivity contribution in [2.24, 2.45) is 10.5 Å². The number of anilines is 1. The first-order valence-corrected chi connectivity index (χ1v) is 14.0. The molecule has 1 aromatic carbocycles. The normalized spacial score (nSPS) is 12.7. The van der Waals surface area contributed by atoms with Crippen LogP contribution in [0.25, 0.3) is 10.4 Å². The van der Waals surface area contributed by atoms with Crippen LogP contribution >= 0.6 is 15.9 Å². The van der Waals surface area contributed by atoms with E-state index in [0.29, 0.717) is 12.3 Å². The minimum absolute atomic E-state index is 0.0111. The molecule has 0 fully saturated rings. The third-order valence-corrected chi connectivity index (χ3v) is 7.01. The van der Waals surface area contributed by atoms with Gasteiger partial charge in [-0.25, -0.2) is 4.79 Å². The Hall–Kier alpha value is -2.82. The minimum Gasteiger partial charge on any atom is -0.444 e. The van der Waals surface area contributed by atoms with Gasteiger partial charge in [0.15, 0.2) is 0 Å². The van der Waals surface area contributed by atoms with Crippen molar-refractivity contribution in [3.05, 3.63) is 37.7 Å². The van der Waals surface area contributed by atoms with Crippen molar-refractivity contribution in [1.82, 2.24) is 10.6 Å². The summed E-state index contributed by atoms with van der Waals surface area (Å²) < 4.78 is 12.1. The molecule has 224 valence electrons. The number of nitrogens with zero attached hydrogens (tertiary/aromatic N) is 3. The van der Waals surface area contributed by atoms with E-state index in [9.17, 15) is 14.4 Å². The van der Waals surface area contributed by atoms with Gasteiger partial charge in [0, 0.05) is 28.0 Å². The maximum atomic E-state index is 13.3. The largest absolute Gasteiger partial charge is 0.444 e. The highest BCUT2D eigenvalue weighted by atomic mass is 79.9. The first-order valence-electron chi connectivity index (χ1n) is 13.2. The van der Waals surface area contributed by atoms with Gasteiger partial charge in [-0.1, -0.05) is 41.0 Å². The third kappa shape index (κ3) is 12.6. The van der Waals surface area contributed by atoms with E-state index in [-0.39, 0.29) is 37.3 Å². The molecule has 12 heteroatoms. The summed E-state index contributed by atoms with van der Waals surface area (Å²) in [4.78, 5) is 41.5. The summed E-state index contributed by atoms with van der Waals surface area (Å²) in [5, 5.41) is 12.1. The number of azide groups is 1. The summed E-state index contributed by atoms with van der Waals surface area (Å²) in [6.45, 7) is 19.2. The molecular weight excluding hydrogens is 580 g/mol. The summed E-state index contributed by atoms with van der Waals surface area (Å²) in [6, 6.07) is 0.961. The van der Waals surface area contributed by atoms with Gasteiger partial charge >= 0.3 is 6.09 Å². The van der Waals surface area contributed by atoms with Crippen LogP contribution in [-0.2, 0) is 19.1 Å². The Balaban J connectivity index is 2.93. The lowest BCUT2D eigenvalue weighted by atomic mass is 9.95. The average molecular weight is 626 g/mol. The number of nitrogens with one attached hydrogen (secondary N) is 3. The van der Waals surface area contributed by atoms with Crippen LogP contribution < -0.4 is 16.0 Å². The summed E-state index contributed by atoms with van der Waals surface area (Å²) >= 11 is 3.56. The van der Waals surface area contributed by atoms with Gasteiger partial charge in [0.05, 0.1) is 18.8 Å². The molecule has 0 saturated carbocycles. The van der Waals surface area contributed by atoms with Gasteiger partial charge in [0.2, 0.25) is 11.8 Å². The molecule has 0 radical (unpaired) electrons. The second-order valence-corrected chi connectivity index (χ2v) is 13.3. The molecule has 0 unspecified atom stereocenters. The number of alkyl carbamates (subject to hydrolysis) is 1. The van der Waals surface area contributed by atoms with E-state index in [1.807, 2.05) is 40.7 Å². The molecule has 0 aliphatic heterocycles. The van der Waals surface area contributed by atoms with Gasteiger partial charge in [-0.15, -0.1) is 0 Å². The minimum atomic E-state index is -1.02. The molecule has 0 heterocycles. The fourth-order valence-electron chi connectivity index (χ4n) is 3.86. The second kappa shape index (κ2) is 14.7. The first-order chi connectivity index (χ1) is 18.3. The summed E-state index contributed by atoms with van der Waals surface area (Å²) in [7, 11) is 0. The number of hydrogen-bond acceptors (Lipinski definition) is 6. The van der Waals surface area contributed by atoms with Gasteiger partial charge < -0.3 is 25.4 Å². The molecule has 0 spiro atoms. The van der Waals surface area contributed by atoms with Crippen molar-refractivity contribution in [1.29, 1.82) is 0 Å². The van der Waals surface area contributed by atoms with Gasteiger partial charge in [-0.05, 0) is 89.4 Å². The molecule has 11 nitrogen and oxygen atoms in total. The third-order valence-electron chi connectivity index (χ3n) is 5.79. The van der Waals surface area contributed by atoms with Crippen LogP contribution in [0.3, 0.4) is 0 Å². The molecule has 1 atom stereocenters. The Morgan fingerprint density at radius 1 is 1.05 bits per heavy atom. The number of rotatable bonds is 13. The van der Waals surface area contributed by atoms with Crippen LogP contribution in [-0.4, -0.2) is 54.8 Å². The fraction of sp³-hybridized carbons (Fsp3) is 0.679. The second-order valence-electron chi connectivity index (χ2n) is 12.5. The number of carbonyl (C=O) groups excluding carboxylic acids is 3. The number of carbonyl (C=O) groups is 3. The van der Waals surface area contributed by atoms with Crippen LogP contribution in [0.2, 0.25) is 0 Å². The monoisotopic (exact) mass is 624 g/mol. The van der Waals surface area contributed by atoms with Crippen molar-refractivity contribution in [3.8, 4) is 0 Å². The zero-order valence-corrected chi connectivity index (χ0v) is 27.0. The van der Waals surface area contributed by atoms with E-state index < -0.39 is 29.2 Å². The van der Waals surface area contributed by atoms with E-state index in [1.165, 1.54) is 0 Å². The molecule has 0 bridgehead atoms. The quantitative estimate of drug-likeness (QED) is 0.135. The van der Waals surface area contributed by atoms with Crippen molar-refractivity contribution >= 4 is 39.5 Å². The molecule has 1 aromatic rings.